The Morgan fingerprint density at radius 1 is 1.32 bits per heavy atom. The molecule has 5 nitrogen and oxygen atoms in total. The van der Waals surface area contributed by atoms with Crippen molar-refractivity contribution in [1.29, 1.82) is 0 Å². The first-order valence-corrected chi connectivity index (χ1v) is 6.67. The first-order chi connectivity index (χ1) is 9.16. The number of nitrogens with zero attached hydrogens (tertiary/aromatic N) is 2. The van der Waals surface area contributed by atoms with Crippen LogP contribution in [0.2, 0.25) is 0 Å². The van der Waals surface area contributed by atoms with Gasteiger partial charge < -0.3 is 15.2 Å². The van der Waals surface area contributed by atoms with E-state index in [1.807, 2.05) is 4.40 Å². The van der Waals surface area contributed by atoms with Crippen LogP contribution in [0.25, 0.3) is 5.52 Å². The van der Waals surface area contributed by atoms with Gasteiger partial charge in [0.25, 0.3) is 0 Å². The van der Waals surface area contributed by atoms with Gasteiger partial charge in [0.1, 0.15) is 5.82 Å². The summed E-state index contributed by atoms with van der Waals surface area (Å²) in [6.07, 6.45) is 7.56. The topological polar surface area (TPSA) is 80.6 Å². The molecule has 0 saturated heterocycles. The van der Waals surface area contributed by atoms with Gasteiger partial charge in [-0.3, -0.25) is 0 Å². The molecule has 5 heteroatoms. The van der Waals surface area contributed by atoms with E-state index in [0.717, 1.165) is 18.7 Å². The number of fused-ring (bicyclic) bond motifs is 1. The van der Waals surface area contributed by atoms with Crippen LogP contribution in [0, 0.1) is 0 Å². The third-order valence-electron chi connectivity index (χ3n) is 3.86. The number of hydrogen-bond donors (Lipinski definition) is 2. The summed E-state index contributed by atoms with van der Waals surface area (Å²) in [5.41, 5.74) is 7.19. The van der Waals surface area contributed by atoms with Gasteiger partial charge in [-0.15, -0.1) is 0 Å². The van der Waals surface area contributed by atoms with Gasteiger partial charge in [0.05, 0.1) is 5.52 Å². The lowest BCUT2D eigenvalue weighted by molar-refractivity contribution is 0.0693. The van der Waals surface area contributed by atoms with Gasteiger partial charge >= 0.3 is 5.97 Å². The lowest BCUT2D eigenvalue weighted by Crippen LogP contribution is -2.09. The molecule has 2 aromatic rings. The third-order valence-corrected chi connectivity index (χ3v) is 3.86. The van der Waals surface area contributed by atoms with E-state index in [-0.39, 0.29) is 5.69 Å². The molecule has 0 atom stereocenters. The number of aromatic carboxylic acids is 1. The zero-order valence-electron chi connectivity index (χ0n) is 10.7. The first-order valence-electron chi connectivity index (χ1n) is 6.67. The minimum absolute atomic E-state index is 0.126. The quantitative estimate of drug-likeness (QED) is 0.868. The molecule has 1 fully saturated rings. The molecule has 0 amide bonds. The number of imidazole rings is 1. The van der Waals surface area contributed by atoms with E-state index in [0.29, 0.717) is 17.1 Å². The number of rotatable bonds is 2. The average Bonchev–Trinajstić information content (AvgIpc) is 2.78. The molecule has 3 N–H and O–H groups in total. The maximum absolute atomic E-state index is 11.3. The zero-order valence-corrected chi connectivity index (χ0v) is 10.7. The highest BCUT2D eigenvalue weighted by molar-refractivity contribution is 5.93. The molecule has 0 aromatic carbocycles. The molecular formula is C14H17N3O2. The van der Waals surface area contributed by atoms with Gasteiger partial charge in [-0.1, -0.05) is 19.3 Å². The molecule has 2 aromatic heterocycles. The van der Waals surface area contributed by atoms with E-state index in [1.165, 1.54) is 19.3 Å². The molecule has 3 rings (SSSR count). The Labute approximate surface area is 111 Å². The number of aromatic nitrogens is 2. The van der Waals surface area contributed by atoms with E-state index in [1.54, 1.807) is 18.3 Å². The summed E-state index contributed by atoms with van der Waals surface area (Å²) in [5.74, 6) is 0.208. The van der Waals surface area contributed by atoms with Crippen molar-refractivity contribution in [2.75, 3.05) is 5.73 Å². The first kappa shape index (κ1) is 12.0. The van der Waals surface area contributed by atoms with Crippen LogP contribution >= 0.6 is 0 Å². The summed E-state index contributed by atoms with van der Waals surface area (Å²) in [6.45, 7) is 0. The van der Waals surface area contributed by atoms with Crippen LogP contribution in [0.4, 0.5) is 5.69 Å². The lowest BCUT2D eigenvalue weighted by Gasteiger charge is -2.20. The molecular weight excluding hydrogens is 242 g/mol. The van der Waals surface area contributed by atoms with Gasteiger partial charge in [0, 0.05) is 17.8 Å². The van der Waals surface area contributed by atoms with E-state index in [4.69, 9.17) is 5.73 Å². The summed E-state index contributed by atoms with van der Waals surface area (Å²) >= 11 is 0. The molecule has 1 aliphatic carbocycles. The smallest absolute Gasteiger partial charge is 0.356 e. The SMILES string of the molecule is Nc1ccc2c(C(=O)O)nc(C3CCCCC3)n2c1. The van der Waals surface area contributed by atoms with Crippen molar-refractivity contribution in [3.8, 4) is 0 Å². The van der Waals surface area contributed by atoms with Crippen molar-refractivity contribution >= 4 is 17.2 Å². The fourth-order valence-electron chi connectivity index (χ4n) is 2.93. The van der Waals surface area contributed by atoms with Gasteiger partial charge in [-0.25, -0.2) is 9.78 Å². The maximum atomic E-state index is 11.3. The fourth-order valence-corrected chi connectivity index (χ4v) is 2.93. The third kappa shape index (κ3) is 2.05. The Kier molecular flexibility index (Phi) is 2.89. The number of carbonyl (C=O) groups is 1. The van der Waals surface area contributed by atoms with Crippen molar-refractivity contribution in [1.82, 2.24) is 9.38 Å². The predicted octanol–water partition coefficient (Wildman–Crippen LogP) is 2.66. The normalized spacial score (nSPS) is 16.8. The van der Waals surface area contributed by atoms with Crippen LogP contribution in [0.1, 0.15) is 54.3 Å². The van der Waals surface area contributed by atoms with Crippen molar-refractivity contribution in [2.24, 2.45) is 0 Å². The molecule has 2 heterocycles. The standard InChI is InChI=1S/C14H17N3O2/c15-10-6-7-11-12(14(18)19)16-13(17(11)8-10)9-4-2-1-3-5-9/h6-9H,1-5,15H2,(H,18,19). The van der Waals surface area contributed by atoms with Crippen molar-refractivity contribution in [3.63, 3.8) is 0 Å². The van der Waals surface area contributed by atoms with E-state index in [2.05, 4.69) is 4.98 Å². The average molecular weight is 259 g/mol. The summed E-state index contributed by atoms with van der Waals surface area (Å²) in [5, 5.41) is 9.26. The van der Waals surface area contributed by atoms with Crippen molar-refractivity contribution < 1.29 is 9.90 Å². The van der Waals surface area contributed by atoms with Gasteiger partial charge in [-0.2, -0.15) is 0 Å². The summed E-state index contributed by atoms with van der Waals surface area (Å²) in [7, 11) is 0. The number of nitrogens with two attached hydrogens (primary N) is 1. The summed E-state index contributed by atoms with van der Waals surface area (Å²) < 4.78 is 1.86. The van der Waals surface area contributed by atoms with Crippen LogP contribution < -0.4 is 5.73 Å². The van der Waals surface area contributed by atoms with Crippen molar-refractivity contribution in [3.05, 3.63) is 29.8 Å². The van der Waals surface area contributed by atoms with E-state index >= 15 is 0 Å². The second-order valence-corrected chi connectivity index (χ2v) is 5.18. The van der Waals surface area contributed by atoms with Crippen LogP contribution in [0.15, 0.2) is 18.3 Å². The number of pyridine rings is 1. The minimum atomic E-state index is -0.982. The Morgan fingerprint density at radius 2 is 2.05 bits per heavy atom. The molecule has 1 saturated carbocycles. The van der Waals surface area contributed by atoms with Gasteiger partial charge in [0.2, 0.25) is 0 Å². The second kappa shape index (κ2) is 4.57. The Morgan fingerprint density at radius 3 is 2.74 bits per heavy atom. The highest BCUT2D eigenvalue weighted by atomic mass is 16.4. The van der Waals surface area contributed by atoms with Crippen molar-refractivity contribution in [2.45, 2.75) is 38.0 Å². The highest BCUT2D eigenvalue weighted by Gasteiger charge is 2.24. The predicted molar refractivity (Wildman–Crippen MR) is 72.4 cm³/mol. The Hall–Kier alpha value is -2.04. The Balaban J connectivity index is 2.17. The van der Waals surface area contributed by atoms with Crippen LogP contribution in [0.5, 0.6) is 0 Å². The van der Waals surface area contributed by atoms with Gasteiger partial charge in [-0.05, 0) is 25.0 Å². The number of hydrogen-bond acceptors (Lipinski definition) is 3. The highest BCUT2D eigenvalue weighted by Crippen LogP contribution is 2.33. The maximum Gasteiger partial charge on any atom is 0.356 e. The Bertz CT molecular complexity index is 627. The van der Waals surface area contributed by atoms with Crippen LogP contribution in [0.3, 0.4) is 0 Å². The lowest BCUT2D eigenvalue weighted by atomic mass is 9.89. The number of carboxylic acid groups (broad SMARTS) is 1. The zero-order chi connectivity index (χ0) is 13.4. The molecule has 0 radical (unpaired) electrons. The summed E-state index contributed by atoms with van der Waals surface area (Å²) in [6, 6.07) is 3.45. The van der Waals surface area contributed by atoms with E-state index < -0.39 is 5.97 Å². The van der Waals surface area contributed by atoms with Crippen LogP contribution in [-0.4, -0.2) is 20.5 Å². The molecule has 0 bridgehead atoms. The number of anilines is 1. The number of carboxylic acids is 1. The fraction of sp³-hybridized carbons (Fsp3) is 0.429. The molecule has 0 aliphatic heterocycles. The molecule has 0 spiro atoms. The molecule has 100 valence electrons. The van der Waals surface area contributed by atoms with Gasteiger partial charge in [0.15, 0.2) is 5.69 Å². The van der Waals surface area contributed by atoms with E-state index in [9.17, 15) is 9.90 Å². The minimum Gasteiger partial charge on any atom is -0.476 e. The summed E-state index contributed by atoms with van der Waals surface area (Å²) in [4.78, 5) is 15.7. The van der Waals surface area contributed by atoms with Crippen LogP contribution in [-0.2, 0) is 0 Å². The molecule has 0 unspecified atom stereocenters. The number of nitrogen functional groups attached to an aromatic ring is 1. The monoisotopic (exact) mass is 259 g/mol. The largest absolute Gasteiger partial charge is 0.476 e. The molecule has 1 aliphatic rings. The second-order valence-electron chi connectivity index (χ2n) is 5.18. The molecule has 19 heavy (non-hydrogen) atoms.